The molecule has 0 aliphatic rings. The second kappa shape index (κ2) is 3.03. The highest BCUT2D eigenvalue weighted by atomic mass is 79.9. The first-order valence-electron chi connectivity index (χ1n) is 3.90. The Kier molecular flexibility index (Phi) is 2.00. The first kappa shape index (κ1) is 8.56. The molecular weight excluding hydrogens is 232 g/mol. The Morgan fingerprint density at radius 1 is 1.54 bits per heavy atom. The molecule has 0 aliphatic carbocycles. The molecule has 68 valence electrons. The van der Waals surface area contributed by atoms with Gasteiger partial charge >= 0.3 is 0 Å². The van der Waals surface area contributed by atoms with Crippen LogP contribution < -0.4 is 4.74 Å². The molecule has 0 N–H and O–H groups in total. The summed E-state index contributed by atoms with van der Waals surface area (Å²) in [5.41, 5.74) is 2.23. The van der Waals surface area contributed by atoms with E-state index in [1.165, 1.54) is 0 Å². The third-order valence-electron chi connectivity index (χ3n) is 1.96. The lowest BCUT2D eigenvalue weighted by Gasteiger charge is -2.02. The molecule has 0 bridgehead atoms. The molecule has 2 aromatic rings. The van der Waals surface area contributed by atoms with Crippen LogP contribution in [0.4, 0.5) is 0 Å². The van der Waals surface area contributed by atoms with Crippen molar-refractivity contribution in [2.45, 2.75) is 6.92 Å². The van der Waals surface area contributed by atoms with Gasteiger partial charge in [-0.3, -0.25) is 0 Å². The summed E-state index contributed by atoms with van der Waals surface area (Å²) in [7, 11) is 1.64. The lowest BCUT2D eigenvalue weighted by atomic mass is 10.3. The van der Waals surface area contributed by atoms with Gasteiger partial charge in [0.25, 0.3) is 0 Å². The molecule has 2 heterocycles. The van der Waals surface area contributed by atoms with E-state index < -0.39 is 0 Å². The predicted octanol–water partition coefficient (Wildman–Crippen LogP) is 2.41. The van der Waals surface area contributed by atoms with Gasteiger partial charge in [-0.15, -0.1) is 0 Å². The maximum atomic E-state index is 5.12. The highest BCUT2D eigenvalue weighted by molar-refractivity contribution is 9.10. The first-order valence-corrected chi connectivity index (χ1v) is 4.69. The number of aromatic nitrogens is 2. The van der Waals surface area contributed by atoms with Gasteiger partial charge in [-0.2, -0.15) is 5.10 Å². The van der Waals surface area contributed by atoms with Crippen LogP contribution in [0.15, 0.2) is 22.9 Å². The monoisotopic (exact) mass is 240 g/mol. The molecule has 0 atom stereocenters. The van der Waals surface area contributed by atoms with E-state index in [0.717, 1.165) is 21.3 Å². The topological polar surface area (TPSA) is 26.5 Å². The summed E-state index contributed by atoms with van der Waals surface area (Å²) in [6.45, 7) is 2.03. The zero-order chi connectivity index (χ0) is 9.42. The number of fused-ring (bicyclic) bond motifs is 1. The second-order valence-corrected chi connectivity index (χ2v) is 3.70. The molecule has 13 heavy (non-hydrogen) atoms. The van der Waals surface area contributed by atoms with Crippen LogP contribution in [0.3, 0.4) is 0 Å². The van der Waals surface area contributed by atoms with E-state index in [1.54, 1.807) is 11.6 Å². The Labute approximate surface area is 84.4 Å². The van der Waals surface area contributed by atoms with Gasteiger partial charge in [0.1, 0.15) is 5.75 Å². The number of hydrogen-bond donors (Lipinski definition) is 0. The largest absolute Gasteiger partial charge is 0.495 e. The number of rotatable bonds is 1. The minimum absolute atomic E-state index is 0.794. The van der Waals surface area contributed by atoms with Crippen molar-refractivity contribution >= 4 is 21.4 Å². The fraction of sp³-hybridized carbons (Fsp3) is 0.222. The van der Waals surface area contributed by atoms with Gasteiger partial charge in [0.2, 0.25) is 0 Å². The minimum Gasteiger partial charge on any atom is -0.495 e. The highest BCUT2D eigenvalue weighted by Crippen LogP contribution is 2.25. The molecule has 0 unspecified atom stereocenters. The van der Waals surface area contributed by atoms with E-state index in [4.69, 9.17) is 4.74 Å². The normalized spacial score (nSPS) is 10.7. The number of hydrogen-bond acceptors (Lipinski definition) is 2. The van der Waals surface area contributed by atoms with Crippen molar-refractivity contribution in [2.75, 3.05) is 7.11 Å². The Bertz CT molecular complexity index is 450. The number of nitrogens with zero attached hydrogens (tertiary/aromatic N) is 2. The van der Waals surface area contributed by atoms with Crippen LogP contribution in [-0.4, -0.2) is 16.7 Å². The van der Waals surface area contributed by atoms with E-state index in [2.05, 4.69) is 21.0 Å². The van der Waals surface area contributed by atoms with E-state index >= 15 is 0 Å². The van der Waals surface area contributed by atoms with Crippen molar-refractivity contribution in [3.63, 3.8) is 0 Å². The van der Waals surface area contributed by atoms with Crippen LogP contribution in [0.1, 0.15) is 5.56 Å². The van der Waals surface area contributed by atoms with Gasteiger partial charge < -0.3 is 4.74 Å². The van der Waals surface area contributed by atoms with Crippen LogP contribution in [0.5, 0.6) is 5.75 Å². The van der Waals surface area contributed by atoms with E-state index in [1.807, 2.05) is 25.4 Å². The molecule has 0 aromatic carbocycles. The van der Waals surface area contributed by atoms with E-state index in [0.29, 0.717) is 0 Å². The summed E-state index contributed by atoms with van der Waals surface area (Å²) >= 11 is 3.48. The Morgan fingerprint density at radius 3 is 3.00 bits per heavy atom. The van der Waals surface area contributed by atoms with Crippen molar-refractivity contribution in [2.24, 2.45) is 0 Å². The third-order valence-corrected chi connectivity index (χ3v) is 2.56. The maximum Gasteiger partial charge on any atom is 0.138 e. The fourth-order valence-corrected chi connectivity index (χ4v) is 2.03. The van der Waals surface area contributed by atoms with Crippen LogP contribution in [0.25, 0.3) is 5.52 Å². The van der Waals surface area contributed by atoms with Gasteiger partial charge in [0.15, 0.2) is 0 Å². The molecule has 3 nitrogen and oxygen atoms in total. The maximum absolute atomic E-state index is 5.12. The molecule has 0 saturated heterocycles. The Balaban J connectivity index is 2.79. The number of ether oxygens (including phenoxy) is 1. The minimum atomic E-state index is 0.794. The van der Waals surface area contributed by atoms with Crippen LogP contribution >= 0.6 is 15.9 Å². The van der Waals surface area contributed by atoms with Gasteiger partial charge in [0.05, 0.1) is 25.0 Å². The van der Waals surface area contributed by atoms with E-state index in [-0.39, 0.29) is 0 Å². The second-order valence-electron chi connectivity index (χ2n) is 2.85. The average Bonchev–Trinajstić information content (AvgIpc) is 2.48. The summed E-state index contributed by atoms with van der Waals surface area (Å²) in [5.74, 6) is 0.794. The molecule has 0 aliphatic heterocycles. The quantitative estimate of drug-likeness (QED) is 0.766. The number of methoxy groups -OCH3 is 1. The van der Waals surface area contributed by atoms with Crippen LogP contribution in [-0.2, 0) is 0 Å². The van der Waals surface area contributed by atoms with Crippen molar-refractivity contribution < 1.29 is 4.74 Å². The van der Waals surface area contributed by atoms with Crippen LogP contribution in [0.2, 0.25) is 0 Å². The van der Waals surface area contributed by atoms with Crippen molar-refractivity contribution in [1.82, 2.24) is 9.61 Å². The summed E-state index contributed by atoms with van der Waals surface area (Å²) in [6.07, 6.45) is 3.69. The van der Waals surface area contributed by atoms with Crippen molar-refractivity contribution in [3.8, 4) is 5.75 Å². The Morgan fingerprint density at radius 2 is 2.31 bits per heavy atom. The molecule has 0 spiro atoms. The zero-order valence-corrected chi connectivity index (χ0v) is 9.00. The number of halogens is 1. The summed E-state index contributed by atoms with van der Waals surface area (Å²) in [4.78, 5) is 0. The smallest absolute Gasteiger partial charge is 0.138 e. The van der Waals surface area contributed by atoms with Gasteiger partial charge in [-0.1, -0.05) is 0 Å². The van der Waals surface area contributed by atoms with Gasteiger partial charge in [0, 0.05) is 4.47 Å². The lowest BCUT2D eigenvalue weighted by molar-refractivity contribution is 0.411. The van der Waals surface area contributed by atoms with E-state index in [9.17, 15) is 0 Å². The molecule has 0 saturated carbocycles. The molecule has 2 rings (SSSR count). The summed E-state index contributed by atoms with van der Waals surface area (Å²) < 4.78 is 7.93. The molecule has 4 heteroatoms. The molecular formula is C9H9BrN2O. The summed E-state index contributed by atoms with van der Waals surface area (Å²) in [5, 5.41) is 4.19. The molecule has 2 aromatic heterocycles. The van der Waals surface area contributed by atoms with Gasteiger partial charge in [-0.05, 0) is 34.5 Å². The van der Waals surface area contributed by atoms with Crippen molar-refractivity contribution in [3.05, 3.63) is 28.5 Å². The van der Waals surface area contributed by atoms with Crippen molar-refractivity contribution in [1.29, 1.82) is 0 Å². The zero-order valence-electron chi connectivity index (χ0n) is 7.41. The van der Waals surface area contributed by atoms with Crippen LogP contribution in [0, 0.1) is 6.92 Å². The Hall–Kier alpha value is -1.03. The SMILES string of the molecule is COc1cc(Br)c2c(C)cnn2c1. The number of aryl methyl sites for hydroxylation is 1. The number of pyridine rings is 1. The molecule has 0 amide bonds. The lowest BCUT2D eigenvalue weighted by Crippen LogP contribution is -1.91. The predicted molar refractivity (Wildman–Crippen MR) is 54.2 cm³/mol. The van der Waals surface area contributed by atoms with Gasteiger partial charge in [-0.25, -0.2) is 4.52 Å². The first-order chi connectivity index (χ1) is 6.22. The third kappa shape index (κ3) is 1.31. The summed E-state index contributed by atoms with van der Waals surface area (Å²) in [6, 6.07) is 1.93. The highest BCUT2D eigenvalue weighted by Gasteiger charge is 2.05. The molecule has 0 fully saturated rings. The fourth-order valence-electron chi connectivity index (χ4n) is 1.31. The molecule has 0 radical (unpaired) electrons. The average molecular weight is 241 g/mol. The standard InChI is InChI=1S/C9H9BrN2O/c1-6-4-11-12-5-7(13-2)3-8(10)9(6)12/h3-5H,1-2H3.